The van der Waals surface area contributed by atoms with Gasteiger partial charge >= 0.3 is 111 Å². The van der Waals surface area contributed by atoms with Crippen molar-refractivity contribution >= 4 is 8.07 Å². The molecule has 0 aromatic heterocycles. The first-order valence-electron chi connectivity index (χ1n) is 6.39. The van der Waals surface area contributed by atoms with Gasteiger partial charge < -0.3 is 24.8 Å². The maximum absolute atomic E-state index is 2.51. The largest absolute Gasteiger partial charge is 1.00 e. The van der Waals surface area contributed by atoms with Gasteiger partial charge in [-0.2, -0.15) is 0 Å². The molecule has 18 heavy (non-hydrogen) atoms. The molecule has 0 saturated carbocycles. The molecule has 0 amide bonds. The van der Waals surface area contributed by atoms with Gasteiger partial charge in [0.2, 0.25) is 0 Å². The normalized spacial score (nSPS) is 21.7. The van der Waals surface area contributed by atoms with E-state index in [1.54, 1.807) is 0 Å². The fourth-order valence-corrected chi connectivity index (χ4v) is 15.3. The van der Waals surface area contributed by atoms with Gasteiger partial charge in [0.05, 0.1) is 0 Å². The van der Waals surface area contributed by atoms with Crippen LogP contribution in [-0.4, -0.2) is 8.07 Å². The predicted octanol–water partition coefficient (Wildman–Crippen LogP) is -1.91. The van der Waals surface area contributed by atoms with Crippen LogP contribution < -0.4 is 24.8 Å². The number of hydrogen-bond donors (Lipinski definition) is 0. The van der Waals surface area contributed by atoms with Crippen molar-refractivity contribution in [2.75, 3.05) is 0 Å². The average Bonchev–Trinajstić information content (AvgIpc) is 2.94. The quantitative estimate of drug-likeness (QED) is 0.494. The van der Waals surface area contributed by atoms with E-state index in [4.69, 9.17) is 0 Å². The summed E-state index contributed by atoms with van der Waals surface area (Å²) < 4.78 is 3.86. The van der Waals surface area contributed by atoms with Crippen molar-refractivity contribution in [1.82, 2.24) is 0 Å². The summed E-state index contributed by atoms with van der Waals surface area (Å²) in [4.78, 5) is 0. The zero-order chi connectivity index (χ0) is 11.2. The van der Waals surface area contributed by atoms with Gasteiger partial charge in [-0.25, -0.2) is 0 Å². The molecule has 0 radical (unpaired) electrons. The zero-order valence-corrected chi connectivity index (χ0v) is 15.9. The molecule has 0 N–H and O–H groups in total. The Morgan fingerprint density at radius 1 is 0.944 bits per heavy atom. The molecule has 0 unspecified atom stereocenters. The summed E-state index contributed by atoms with van der Waals surface area (Å²) in [6.07, 6.45) is 12.5. The summed E-state index contributed by atoms with van der Waals surface area (Å²) >= 11 is -0.350. The van der Waals surface area contributed by atoms with Gasteiger partial charge in [0.15, 0.2) is 0 Å². The van der Waals surface area contributed by atoms with Crippen LogP contribution in [0.5, 0.6) is 0 Å². The van der Waals surface area contributed by atoms with Crippen LogP contribution in [0.4, 0.5) is 0 Å². The molecule has 0 nitrogen and oxygen atoms in total. The molecule has 96 valence electrons. The van der Waals surface area contributed by atoms with E-state index in [1.165, 1.54) is 24.9 Å². The van der Waals surface area contributed by atoms with Crippen molar-refractivity contribution in [1.29, 1.82) is 0 Å². The number of hydrogen-bond acceptors (Lipinski definition) is 0. The second-order valence-corrected chi connectivity index (χ2v) is 13.1. The van der Waals surface area contributed by atoms with Gasteiger partial charge in [0, 0.05) is 0 Å². The standard InChI is InChI=1S/C14H18Si.2ClH.Zr/c1-3-15(4-2,13-9-5-6-10-13)14-11-7-8-12-14;;;/h5,7,9,11H,3-4,6,8H2,1-2H3;2*1H;/q;;;+2/p-2. The minimum atomic E-state index is -1.26. The van der Waals surface area contributed by atoms with Crippen LogP contribution in [0.3, 0.4) is 0 Å². The van der Waals surface area contributed by atoms with Crippen molar-refractivity contribution in [3.63, 3.8) is 0 Å². The van der Waals surface area contributed by atoms with E-state index in [-0.39, 0.29) is 48.0 Å². The second-order valence-electron chi connectivity index (χ2n) is 4.91. The zero-order valence-electron chi connectivity index (χ0n) is 10.9. The Hall–Kier alpha value is 0.640. The van der Waals surface area contributed by atoms with Gasteiger partial charge in [0.25, 0.3) is 0 Å². The Labute approximate surface area is 135 Å². The third-order valence-corrected chi connectivity index (χ3v) is 14.9. The Morgan fingerprint density at radius 2 is 1.39 bits per heavy atom. The maximum Gasteiger partial charge on any atom is -1.00 e. The Kier molecular flexibility index (Phi) is 5.93. The van der Waals surface area contributed by atoms with Crippen LogP contribution in [-0.2, 0) is 23.2 Å². The van der Waals surface area contributed by atoms with Crippen LogP contribution >= 0.6 is 0 Å². The van der Waals surface area contributed by atoms with E-state index in [0.717, 1.165) is 0 Å². The Balaban J connectivity index is 0.000000810. The molecule has 0 aromatic carbocycles. The van der Waals surface area contributed by atoms with E-state index < -0.39 is 8.07 Å². The van der Waals surface area contributed by atoms with Crippen molar-refractivity contribution < 1.29 is 48.0 Å². The fourth-order valence-electron chi connectivity index (χ4n) is 3.48. The molecular formula is C14H18Cl2SiZr. The number of rotatable bonds is 2. The van der Waals surface area contributed by atoms with Crippen LogP contribution in [0, 0.1) is 0 Å². The molecule has 3 aliphatic rings. The maximum atomic E-state index is 2.51. The summed E-state index contributed by atoms with van der Waals surface area (Å²) in [6.45, 7) is 4.86. The van der Waals surface area contributed by atoms with Crippen molar-refractivity contribution in [2.45, 2.75) is 38.8 Å². The molecule has 0 spiro atoms. The first-order chi connectivity index (χ1) is 7.81. The monoisotopic (exact) mass is 374 g/mol. The summed E-state index contributed by atoms with van der Waals surface area (Å²) in [5, 5.41) is 3.74. The Morgan fingerprint density at radius 3 is 1.78 bits per heavy atom. The van der Waals surface area contributed by atoms with Crippen molar-refractivity contribution in [3.05, 3.63) is 41.3 Å². The molecular weight excluding hydrogens is 358 g/mol. The molecule has 2 aliphatic carbocycles. The summed E-state index contributed by atoms with van der Waals surface area (Å²) in [5.41, 5.74) is 0. The Bertz CT molecular complexity index is 418. The molecule has 4 heteroatoms. The van der Waals surface area contributed by atoms with Crippen LogP contribution in [0.25, 0.3) is 0 Å². The minimum absolute atomic E-state index is 0. The molecule has 3 rings (SSSR count). The molecule has 0 bridgehead atoms. The van der Waals surface area contributed by atoms with E-state index in [9.17, 15) is 0 Å². The summed E-state index contributed by atoms with van der Waals surface area (Å²) in [6, 6.07) is 2.82. The van der Waals surface area contributed by atoms with Crippen molar-refractivity contribution in [2.24, 2.45) is 0 Å². The van der Waals surface area contributed by atoms with Gasteiger partial charge in [-0.05, 0) is 0 Å². The first kappa shape index (κ1) is 16.7. The molecule has 0 atom stereocenters. The van der Waals surface area contributed by atoms with Crippen LogP contribution in [0.2, 0.25) is 12.1 Å². The van der Waals surface area contributed by atoms with Crippen molar-refractivity contribution in [3.8, 4) is 0 Å². The minimum Gasteiger partial charge on any atom is -1.00 e. The first-order valence-corrected chi connectivity index (χ1v) is 11.3. The molecule has 0 fully saturated rings. The average molecular weight is 377 g/mol. The third-order valence-electron chi connectivity index (χ3n) is 4.40. The molecule has 1 heterocycles. The van der Waals surface area contributed by atoms with E-state index in [1.807, 2.05) is 17.0 Å². The number of halogens is 2. The van der Waals surface area contributed by atoms with E-state index in [2.05, 4.69) is 38.2 Å². The van der Waals surface area contributed by atoms with Gasteiger partial charge in [-0.1, -0.05) is 0 Å². The molecule has 0 aromatic rings. The topological polar surface area (TPSA) is 0 Å². The summed E-state index contributed by atoms with van der Waals surface area (Å²) in [5.74, 6) is 0. The van der Waals surface area contributed by atoms with E-state index >= 15 is 0 Å². The smallest absolute Gasteiger partial charge is 1.00 e. The predicted molar refractivity (Wildman–Crippen MR) is 68.3 cm³/mol. The van der Waals surface area contributed by atoms with Crippen LogP contribution in [0.15, 0.2) is 41.3 Å². The van der Waals surface area contributed by atoms with Gasteiger partial charge in [-0.3, -0.25) is 0 Å². The van der Waals surface area contributed by atoms with Gasteiger partial charge in [0.1, 0.15) is 0 Å². The third kappa shape index (κ3) is 2.24. The second kappa shape index (κ2) is 6.39. The van der Waals surface area contributed by atoms with E-state index in [0.29, 0.717) is 0 Å². The summed E-state index contributed by atoms with van der Waals surface area (Å²) in [7, 11) is -1.26. The number of allylic oxidation sites excluding steroid dienone is 8. The fraction of sp³-hybridized carbons (Fsp3) is 0.429. The SMILES string of the molecule is CC[Si]1(CC)C2=[C](CC=C2)[Zr+2][C]2=C1C=CC2.[Cl-].[Cl-]. The molecule has 1 aliphatic heterocycles. The van der Waals surface area contributed by atoms with Gasteiger partial charge in [-0.15, -0.1) is 0 Å². The molecule has 0 saturated heterocycles. The van der Waals surface area contributed by atoms with Crippen LogP contribution in [0.1, 0.15) is 26.7 Å².